The number of nitrogens with zero attached hydrogens (tertiary/aromatic N) is 5. The second-order valence-corrected chi connectivity index (χ2v) is 7.41. The molecular formula is C24H18F3N5O3. The van der Waals surface area contributed by atoms with E-state index < -0.39 is 23.3 Å². The summed E-state index contributed by atoms with van der Waals surface area (Å²) in [6.45, 7) is 1.56. The third-order valence-corrected chi connectivity index (χ3v) is 5.29. The van der Waals surface area contributed by atoms with Gasteiger partial charge in [-0.3, -0.25) is 14.0 Å². The van der Waals surface area contributed by atoms with Gasteiger partial charge in [0.2, 0.25) is 0 Å². The summed E-state index contributed by atoms with van der Waals surface area (Å²) in [6, 6.07) is 12.8. The maximum absolute atomic E-state index is 13.4. The van der Waals surface area contributed by atoms with Crippen molar-refractivity contribution in [3.8, 4) is 29.0 Å². The van der Waals surface area contributed by atoms with Gasteiger partial charge in [-0.2, -0.15) is 18.4 Å². The molecule has 0 radical (unpaired) electrons. The zero-order valence-corrected chi connectivity index (χ0v) is 18.6. The fourth-order valence-corrected chi connectivity index (χ4v) is 3.74. The number of imidazole rings is 1. The lowest BCUT2D eigenvalue weighted by Gasteiger charge is -2.13. The number of alkyl halides is 3. The van der Waals surface area contributed by atoms with Gasteiger partial charge in [-0.1, -0.05) is 6.07 Å². The van der Waals surface area contributed by atoms with Crippen LogP contribution in [-0.4, -0.2) is 31.5 Å². The highest BCUT2D eigenvalue weighted by Crippen LogP contribution is 2.31. The zero-order valence-electron chi connectivity index (χ0n) is 18.6. The van der Waals surface area contributed by atoms with Gasteiger partial charge in [-0.15, -0.1) is 0 Å². The Morgan fingerprint density at radius 2 is 1.86 bits per heavy atom. The number of aromatic nitrogens is 4. The minimum atomic E-state index is -4.62. The van der Waals surface area contributed by atoms with Crippen molar-refractivity contribution in [3.63, 3.8) is 0 Å². The molecule has 0 aliphatic carbocycles. The Morgan fingerprint density at radius 3 is 2.49 bits per heavy atom. The summed E-state index contributed by atoms with van der Waals surface area (Å²) in [5.74, 6) is -0.744. The van der Waals surface area contributed by atoms with Crippen LogP contribution < -0.4 is 5.56 Å². The second kappa shape index (κ2) is 8.98. The van der Waals surface area contributed by atoms with E-state index in [-0.39, 0.29) is 29.4 Å². The highest BCUT2D eigenvalue weighted by molar-refractivity contribution is 5.95. The summed E-state index contributed by atoms with van der Waals surface area (Å²) in [5, 5.41) is 9.06. The average molecular weight is 481 g/mol. The largest absolute Gasteiger partial charge is 0.462 e. The number of rotatable bonds is 5. The predicted octanol–water partition coefficient (Wildman–Crippen LogP) is 4.10. The first kappa shape index (κ1) is 23.6. The average Bonchev–Trinajstić information content (AvgIpc) is 3.40. The molecule has 0 amide bonds. The number of carbonyl (C=O) groups is 1. The van der Waals surface area contributed by atoms with Gasteiger partial charge in [-0.25, -0.2) is 14.5 Å². The van der Waals surface area contributed by atoms with E-state index in [0.717, 1.165) is 16.8 Å². The number of hydrogen-bond acceptors (Lipinski definition) is 5. The summed E-state index contributed by atoms with van der Waals surface area (Å²) in [5.41, 5.74) is -1.17. The molecule has 2 aromatic heterocycles. The minimum absolute atomic E-state index is 0.0137. The van der Waals surface area contributed by atoms with Gasteiger partial charge < -0.3 is 4.74 Å². The summed E-state index contributed by atoms with van der Waals surface area (Å²) < 4.78 is 48.9. The molecule has 0 saturated carbocycles. The van der Waals surface area contributed by atoms with Gasteiger partial charge >= 0.3 is 12.1 Å². The molecule has 2 heterocycles. The molecule has 2 aromatic carbocycles. The fraction of sp³-hybridized carbons (Fsp3) is 0.167. The molecule has 0 aliphatic rings. The number of nitriles is 1. The number of benzene rings is 2. The van der Waals surface area contributed by atoms with Gasteiger partial charge in [0.15, 0.2) is 11.4 Å². The molecule has 0 aliphatic heterocycles. The summed E-state index contributed by atoms with van der Waals surface area (Å²) in [7, 11) is 1.44. The Bertz CT molecular complexity index is 1510. The lowest BCUT2D eigenvalue weighted by atomic mass is 10.2. The van der Waals surface area contributed by atoms with E-state index >= 15 is 0 Å². The third-order valence-electron chi connectivity index (χ3n) is 5.29. The SMILES string of the molecule is CCOC(=O)c1c(-c2nccn2-c2ccc(C#N)cc2)n(C)n(-c2cccc(C(F)(F)F)c2)c1=O. The van der Waals surface area contributed by atoms with Crippen molar-refractivity contribution < 1.29 is 22.7 Å². The number of hydrogen-bond donors (Lipinski definition) is 0. The van der Waals surface area contributed by atoms with Crippen molar-refractivity contribution in [1.82, 2.24) is 18.9 Å². The second-order valence-electron chi connectivity index (χ2n) is 7.41. The maximum Gasteiger partial charge on any atom is 0.416 e. The maximum atomic E-state index is 13.4. The molecule has 0 N–H and O–H groups in total. The quantitative estimate of drug-likeness (QED) is 0.400. The van der Waals surface area contributed by atoms with Crippen LogP contribution in [0.2, 0.25) is 0 Å². The van der Waals surface area contributed by atoms with Crippen molar-refractivity contribution in [3.05, 3.63) is 88.0 Å². The van der Waals surface area contributed by atoms with Crippen LogP contribution in [0.5, 0.6) is 0 Å². The van der Waals surface area contributed by atoms with Crippen molar-refractivity contribution in [2.45, 2.75) is 13.1 Å². The smallest absolute Gasteiger partial charge is 0.416 e. The number of esters is 1. The first-order chi connectivity index (χ1) is 16.7. The van der Waals surface area contributed by atoms with E-state index in [0.29, 0.717) is 11.3 Å². The molecule has 0 spiro atoms. The standard InChI is InChI=1S/C24H18F3N5O3/c1-3-35-23(34)19-20(21-29-11-12-31(21)17-9-7-15(14-28)8-10-17)30(2)32(22(19)33)18-6-4-5-16(13-18)24(25,26)27/h4-13H,3H2,1-2H3. The summed E-state index contributed by atoms with van der Waals surface area (Å²) >= 11 is 0. The van der Waals surface area contributed by atoms with E-state index in [1.807, 2.05) is 6.07 Å². The van der Waals surface area contributed by atoms with Gasteiger partial charge in [0.25, 0.3) is 5.56 Å². The van der Waals surface area contributed by atoms with Crippen LogP contribution in [0.3, 0.4) is 0 Å². The molecule has 0 bridgehead atoms. The summed E-state index contributed by atoms with van der Waals surface area (Å²) in [6.07, 6.45) is -1.57. The highest BCUT2D eigenvalue weighted by Gasteiger charge is 2.33. The number of halogens is 3. The number of carbonyl (C=O) groups excluding carboxylic acids is 1. The fourth-order valence-electron chi connectivity index (χ4n) is 3.74. The molecule has 8 nitrogen and oxygen atoms in total. The molecule has 4 rings (SSSR count). The normalized spacial score (nSPS) is 11.3. The molecular weight excluding hydrogens is 463 g/mol. The van der Waals surface area contributed by atoms with Crippen molar-refractivity contribution in [1.29, 1.82) is 5.26 Å². The highest BCUT2D eigenvalue weighted by atomic mass is 19.4. The van der Waals surface area contributed by atoms with Crippen LogP contribution in [0.15, 0.2) is 65.7 Å². The molecule has 11 heteroatoms. The minimum Gasteiger partial charge on any atom is -0.462 e. The molecule has 35 heavy (non-hydrogen) atoms. The van der Waals surface area contributed by atoms with E-state index in [4.69, 9.17) is 10.00 Å². The van der Waals surface area contributed by atoms with Crippen LogP contribution in [0, 0.1) is 11.3 Å². The van der Waals surface area contributed by atoms with Crippen LogP contribution in [0.1, 0.15) is 28.4 Å². The van der Waals surface area contributed by atoms with Gasteiger partial charge in [0.05, 0.1) is 29.5 Å². The molecule has 0 saturated heterocycles. The number of ether oxygens (including phenoxy) is 1. The Balaban J connectivity index is 1.98. The molecule has 0 unspecified atom stereocenters. The zero-order chi connectivity index (χ0) is 25.3. The van der Waals surface area contributed by atoms with Gasteiger partial charge in [0.1, 0.15) is 5.69 Å². The van der Waals surface area contributed by atoms with Gasteiger partial charge in [-0.05, 0) is 49.4 Å². The first-order valence-electron chi connectivity index (χ1n) is 10.4. The Kier molecular flexibility index (Phi) is 6.05. The van der Waals surface area contributed by atoms with Crippen LogP contribution >= 0.6 is 0 Å². The third kappa shape index (κ3) is 4.21. The van der Waals surface area contributed by atoms with Crippen LogP contribution in [0.4, 0.5) is 13.2 Å². The van der Waals surface area contributed by atoms with E-state index in [9.17, 15) is 22.8 Å². The molecule has 178 valence electrons. The monoisotopic (exact) mass is 481 g/mol. The van der Waals surface area contributed by atoms with Crippen molar-refractivity contribution in [2.24, 2.45) is 7.05 Å². The predicted molar refractivity (Wildman–Crippen MR) is 119 cm³/mol. The van der Waals surface area contributed by atoms with Crippen molar-refractivity contribution >= 4 is 5.97 Å². The van der Waals surface area contributed by atoms with E-state index in [1.165, 1.54) is 30.1 Å². The Hall–Kier alpha value is -4.59. The van der Waals surface area contributed by atoms with Gasteiger partial charge in [0, 0.05) is 25.1 Å². The Labute approximate surface area is 197 Å². The van der Waals surface area contributed by atoms with E-state index in [1.54, 1.807) is 42.0 Å². The first-order valence-corrected chi connectivity index (χ1v) is 10.4. The molecule has 0 atom stereocenters. The summed E-state index contributed by atoms with van der Waals surface area (Å²) in [4.78, 5) is 30.5. The topological polar surface area (TPSA) is 94.8 Å². The van der Waals surface area contributed by atoms with E-state index in [2.05, 4.69) is 4.98 Å². The van der Waals surface area contributed by atoms with Crippen LogP contribution in [-0.2, 0) is 18.0 Å². The Morgan fingerprint density at radius 1 is 1.14 bits per heavy atom. The van der Waals surface area contributed by atoms with Crippen molar-refractivity contribution in [2.75, 3.05) is 6.61 Å². The molecule has 4 aromatic rings. The molecule has 0 fully saturated rings. The van der Waals surface area contributed by atoms with Crippen LogP contribution in [0.25, 0.3) is 22.9 Å². The lowest BCUT2D eigenvalue weighted by Crippen LogP contribution is -2.23. The lowest BCUT2D eigenvalue weighted by molar-refractivity contribution is -0.137.